The number of halogens is 2. The van der Waals surface area contributed by atoms with Crippen molar-refractivity contribution in [3.63, 3.8) is 0 Å². The second-order valence-electron chi connectivity index (χ2n) is 6.95. The maximum absolute atomic E-state index is 13.3. The first-order valence-electron chi connectivity index (χ1n) is 9.28. The van der Waals surface area contributed by atoms with E-state index in [1.165, 1.54) is 28.8 Å². The fraction of sp³-hybridized carbons (Fsp3) is 0.0833. The number of benzene rings is 3. The van der Waals surface area contributed by atoms with E-state index in [1.807, 2.05) is 43.3 Å². The first-order valence-corrected chi connectivity index (χ1v) is 10.5. The van der Waals surface area contributed by atoms with Gasteiger partial charge in [0.2, 0.25) is 0 Å². The molecule has 3 aromatic carbocycles. The molecule has 150 valence electrons. The quantitative estimate of drug-likeness (QED) is 0.469. The van der Waals surface area contributed by atoms with Gasteiger partial charge in [-0.2, -0.15) is 0 Å². The number of thioether (sulfide) groups is 1. The molecule has 0 atom stereocenters. The molecule has 0 fully saturated rings. The maximum atomic E-state index is 13.3. The van der Waals surface area contributed by atoms with Gasteiger partial charge in [0.05, 0.1) is 17.0 Å². The SMILES string of the molecule is Cc1ccc(C2=C(Sc3ccc(Cl)cc3)C(=O)N(Cc3ccc(F)cc3)C2=O)cc1. The lowest BCUT2D eigenvalue weighted by Crippen LogP contribution is -2.30. The Morgan fingerprint density at radius 3 is 2.13 bits per heavy atom. The summed E-state index contributed by atoms with van der Waals surface area (Å²) in [6, 6.07) is 20.4. The first kappa shape index (κ1) is 20.4. The van der Waals surface area contributed by atoms with Gasteiger partial charge in [-0.3, -0.25) is 14.5 Å². The Balaban J connectivity index is 1.72. The molecule has 0 radical (unpaired) electrons. The fourth-order valence-electron chi connectivity index (χ4n) is 3.16. The highest BCUT2D eigenvalue weighted by molar-refractivity contribution is 8.04. The normalized spacial score (nSPS) is 14.0. The molecule has 0 saturated heterocycles. The van der Waals surface area contributed by atoms with Crippen molar-refractivity contribution in [1.29, 1.82) is 0 Å². The van der Waals surface area contributed by atoms with Crippen LogP contribution in [0.3, 0.4) is 0 Å². The molecule has 0 saturated carbocycles. The van der Waals surface area contributed by atoms with Crippen molar-refractivity contribution in [3.05, 3.63) is 105 Å². The summed E-state index contributed by atoms with van der Waals surface area (Å²) in [6.45, 7) is 2.04. The summed E-state index contributed by atoms with van der Waals surface area (Å²) in [4.78, 5) is 28.9. The highest BCUT2D eigenvalue weighted by Crippen LogP contribution is 2.40. The molecule has 3 aromatic rings. The topological polar surface area (TPSA) is 37.4 Å². The Labute approximate surface area is 183 Å². The zero-order chi connectivity index (χ0) is 21.3. The van der Waals surface area contributed by atoms with Gasteiger partial charge in [-0.05, 0) is 54.4 Å². The van der Waals surface area contributed by atoms with Gasteiger partial charge in [0.25, 0.3) is 11.8 Å². The number of amides is 2. The van der Waals surface area contributed by atoms with Crippen LogP contribution in [0.25, 0.3) is 5.57 Å². The van der Waals surface area contributed by atoms with E-state index in [1.54, 1.807) is 24.3 Å². The summed E-state index contributed by atoms with van der Waals surface area (Å²) in [5.74, 6) is -1.08. The van der Waals surface area contributed by atoms with Crippen molar-refractivity contribution in [3.8, 4) is 0 Å². The van der Waals surface area contributed by atoms with Crippen LogP contribution >= 0.6 is 23.4 Å². The molecule has 6 heteroatoms. The number of rotatable bonds is 5. The van der Waals surface area contributed by atoms with E-state index < -0.39 is 0 Å². The number of aryl methyl sites for hydroxylation is 1. The summed E-state index contributed by atoms with van der Waals surface area (Å²) < 4.78 is 13.2. The van der Waals surface area contributed by atoms with Crippen molar-refractivity contribution in [2.45, 2.75) is 18.4 Å². The van der Waals surface area contributed by atoms with Crippen molar-refractivity contribution in [1.82, 2.24) is 4.90 Å². The highest BCUT2D eigenvalue weighted by atomic mass is 35.5. The Kier molecular flexibility index (Phi) is 5.75. The van der Waals surface area contributed by atoms with Crippen LogP contribution in [-0.4, -0.2) is 16.7 Å². The highest BCUT2D eigenvalue weighted by Gasteiger charge is 2.39. The van der Waals surface area contributed by atoms with Gasteiger partial charge in [-0.25, -0.2) is 4.39 Å². The summed E-state index contributed by atoms with van der Waals surface area (Å²) in [7, 11) is 0. The molecule has 3 nitrogen and oxygen atoms in total. The van der Waals surface area contributed by atoms with Gasteiger partial charge in [-0.1, -0.05) is 65.3 Å². The van der Waals surface area contributed by atoms with Gasteiger partial charge in [0.15, 0.2) is 0 Å². The zero-order valence-electron chi connectivity index (χ0n) is 16.1. The van der Waals surface area contributed by atoms with E-state index in [0.717, 1.165) is 10.5 Å². The molecule has 30 heavy (non-hydrogen) atoms. The molecular formula is C24H17ClFNO2S. The zero-order valence-corrected chi connectivity index (χ0v) is 17.6. The largest absolute Gasteiger partial charge is 0.269 e. The predicted molar refractivity (Wildman–Crippen MR) is 117 cm³/mol. The average molecular weight is 438 g/mol. The molecule has 2 amide bonds. The van der Waals surface area contributed by atoms with Crippen molar-refractivity contribution >= 4 is 40.8 Å². The summed E-state index contributed by atoms with van der Waals surface area (Å²) in [6.07, 6.45) is 0. The van der Waals surface area contributed by atoms with Crippen molar-refractivity contribution < 1.29 is 14.0 Å². The minimum absolute atomic E-state index is 0.0813. The summed E-state index contributed by atoms with van der Waals surface area (Å²) in [5, 5.41) is 0.596. The maximum Gasteiger partial charge on any atom is 0.268 e. The first-order chi connectivity index (χ1) is 14.4. The van der Waals surface area contributed by atoms with Crippen LogP contribution in [-0.2, 0) is 16.1 Å². The van der Waals surface area contributed by atoms with E-state index in [9.17, 15) is 14.0 Å². The average Bonchev–Trinajstić information content (AvgIpc) is 2.96. The molecule has 4 rings (SSSR count). The number of imide groups is 1. The number of hydrogen-bond acceptors (Lipinski definition) is 3. The van der Waals surface area contributed by atoms with E-state index in [0.29, 0.717) is 26.6 Å². The molecule has 0 spiro atoms. The third-order valence-electron chi connectivity index (χ3n) is 4.75. The van der Waals surface area contributed by atoms with Gasteiger partial charge >= 0.3 is 0 Å². The fourth-order valence-corrected chi connectivity index (χ4v) is 4.30. The van der Waals surface area contributed by atoms with Gasteiger partial charge in [0, 0.05) is 9.92 Å². The van der Waals surface area contributed by atoms with E-state index >= 15 is 0 Å². The van der Waals surface area contributed by atoms with Crippen LogP contribution in [0.1, 0.15) is 16.7 Å². The lowest BCUT2D eigenvalue weighted by Gasteiger charge is -2.15. The molecular weight excluding hydrogens is 421 g/mol. The lowest BCUT2D eigenvalue weighted by molar-refractivity contribution is -0.137. The van der Waals surface area contributed by atoms with Gasteiger partial charge in [0.1, 0.15) is 5.82 Å². The van der Waals surface area contributed by atoms with Crippen molar-refractivity contribution in [2.24, 2.45) is 0 Å². The summed E-state index contributed by atoms with van der Waals surface area (Å²) >= 11 is 7.21. The van der Waals surface area contributed by atoms with Crippen molar-refractivity contribution in [2.75, 3.05) is 0 Å². The molecule has 1 heterocycles. The van der Waals surface area contributed by atoms with E-state index in [-0.39, 0.29) is 24.2 Å². The number of nitrogens with zero attached hydrogens (tertiary/aromatic N) is 1. The Morgan fingerprint density at radius 1 is 0.867 bits per heavy atom. The Morgan fingerprint density at radius 2 is 1.50 bits per heavy atom. The third kappa shape index (κ3) is 4.18. The molecule has 0 aromatic heterocycles. The molecule has 0 unspecified atom stereocenters. The number of hydrogen-bond donors (Lipinski definition) is 0. The standard InChI is InChI=1S/C24H17ClFNO2S/c1-15-2-6-17(7-3-15)21-22(30-20-12-8-18(25)9-13-20)24(29)27(23(21)28)14-16-4-10-19(26)11-5-16/h2-13H,14H2,1H3. The number of carbonyl (C=O) groups is 2. The van der Waals surface area contributed by atoms with Crippen LogP contribution in [0.5, 0.6) is 0 Å². The molecule has 0 bridgehead atoms. The Bertz CT molecular complexity index is 1140. The molecule has 1 aliphatic heterocycles. The van der Waals surface area contributed by atoms with E-state index in [2.05, 4.69) is 0 Å². The molecule has 0 aliphatic carbocycles. The summed E-state index contributed by atoms with van der Waals surface area (Å²) in [5.41, 5.74) is 2.81. The van der Waals surface area contributed by atoms with E-state index in [4.69, 9.17) is 11.6 Å². The third-order valence-corrected chi connectivity index (χ3v) is 6.10. The van der Waals surface area contributed by atoms with Crippen LogP contribution in [0, 0.1) is 12.7 Å². The number of carbonyl (C=O) groups excluding carboxylic acids is 2. The molecule has 0 N–H and O–H groups in total. The minimum Gasteiger partial charge on any atom is -0.269 e. The van der Waals surface area contributed by atoms with Gasteiger partial charge < -0.3 is 0 Å². The van der Waals surface area contributed by atoms with Crippen LogP contribution in [0.4, 0.5) is 4.39 Å². The lowest BCUT2D eigenvalue weighted by atomic mass is 10.0. The smallest absolute Gasteiger partial charge is 0.268 e. The second kappa shape index (κ2) is 8.46. The van der Waals surface area contributed by atoms with Crippen LogP contribution in [0.15, 0.2) is 82.6 Å². The minimum atomic E-state index is -0.365. The molecule has 1 aliphatic rings. The second-order valence-corrected chi connectivity index (χ2v) is 8.47. The predicted octanol–water partition coefficient (Wildman–Crippen LogP) is 5.86. The monoisotopic (exact) mass is 437 g/mol. The van der Waals surface area contributed by atoms with Crippen LogP contribution < -0.4 is 0 Å². The van der Waals surface area contributed by atoms with Gasteiger partial charge in [-0.15, -0.1) is 0 Å². The Hall–Kier alpha value is -2.89. The van der Waals surface area contributed by atoms with Crippen LogP contribution in [0.2, 0.25) is 5.02 Å².